The molecule has 0 aromatic heterocycles. The summed E-state index contributed by atoms with van der Waals surface area (Å²) < 4.78 is 0. The van der Waals surface area contributed by atoms with Gasteiger partial charge in [-0.1, -0.05) is 56.3 Å². The van der Waals surface area contributed by atoms with Gasteiger partial charge in [0.25, 0.3) is 11.8 Å². The molecule has 0 unspecified atom stereocenters. The molecule has 0 aliphatic carbocycles. The maximum absolute atomic E-state index is 13.2. The molecule has 0 bridgehead atoms. The third-order valence-electron chi connectivity index (χ3n) is 5.28. The number of imide groups is 1. The summed E-state index contributed by atoms with van der Waals surface area (Å²) in [6.45, 7) is 6.25. The van der Waals surface area contributed by atoms with Gasteiger partial charge in [0.1, 0.15) is 6.04 Å². The largest absolute Gasteiger partial charge is 0.352 e. The van der Waals surface area contributed by atoms with E-state index in [-0.39, 0.29) is 18.4 Å². The van der Waals surface area contributed by atoms with E-state index in [0.717, 1.165) is 23.3 Å². The zero-order valence-corrected chi connectivity index (χ0v) is 17.2. The Kier molecular flexibility index (Phi) is 6.47. The van der Waals surface area contributed by atoms with Crippen LogP contribution in [0.15, 0.2) is 54.6 Å². The maximum Gasteiger partial charge on any atom is 0.262 e. The number of carbonyl (C=O) groups excluding carboxylic acids is 3. The molecular formula is C24H28N2O3. The Morgan fingerprint density at radius 3 is 1.97 bits per heavy atom. The van der Waals surface area contributed by atoms with Gasteiger partial charge in [0.2, 0.25) is 5.91 Å². The number of amides is 3. The van der Waals surface area contributed by atoms with E-state index in [1.807, 2.05) is 37.3 Å². The summed E-state index contributed by atoms with van der Waals surface area (Å²) in [5.74, 6) is -0.557. The van der Waals surface area contributed by atoms with E-state index in [1.54, 1.807) is 24.3 Å². The lowest BCUT2D eigenvalue weighted by Gasteiger charge is -2.27. The monoisotopic (exact) mass is 392 g/mol. The van der Waals surface area contributed by atoms with Crippen LogP contribution in [0, 0.1) is 5.92 Å². The second-order valence-electron chi connectivity index (χ2n) is 8.11. The van der Waals surface area contributed by atoms with Crippen molar-refractivity contribution in [3.05, 3.63) is 71.3 Å². The average molecular weight is 392 g/mol. The quantitative estimate of drug-likeness (QED) is 0.694. The highest BCUT2D eigenvalue weighted by Gasteiger charge is 2.42. The van der Waals surface area contributed by atoms with Crippen LogP contribution in [0.25, 0.3) is 0 Å². The molecule has 0 fully saturated rings. The zero-order valence-electron chi connectivity index (χ0n) is 17.2. The molecule has 1 aliphatic heterocycles. The lowest BCUT2D eigenvalue weighted by Crippen LogP contribution is -2.52. The minimum absolute atomic E-state index is 0.0293. The van der Waals surface area contributed by atoms with Crippen molar-refractivity contribution in [1.82, 2.24) is 10.2 Å². The third-order valence-corrected chi connectivity index (χ3v) is 5.28. The summed E-state index contributed by atoms with van der Waals surface area (Å²) in [7, 11) is 0. The first-order valence-electron chi connectivity index (χ1n) is 10.2. The number of rotatable bonds is 8. The van der Waals surface area contributed by atoms with E-state index in [2.05, 4.69) is 19.2 Å². The highest BCUT2D eigenvalue weighted by Crippen LogP contribution is 2.26. The van der Waals surface area contributed by atoms with E-state index >= 15 is 0 Å². The normalized spacial score (nSPS) is 15.4. The van der Waals surface area contributed by atoms with Crippen molar-refractivity contribution in [3.63, 3.8) is 0 Å². The smallest absolute Gasteiger partial charge is 0.262 e. The fraction of sp³-hybridized carbons (Fsp3) is 0.375. The number of carbonyl (C=O) groups is 3. The lowest BCUT2D eigenvalue weighted by molar-refractivity contribution is -0.125. The minimum atomic E-state index is -0.883. The van der Waals surface area contributed by atoms with E-state index in [4.69, 9.17) is 0 Å². The Labute approximate surface area is 172 Å². The first kappa shape index (κ1) is 20.8. The first-order chi connectivity index (χ1) is 13.9. The predicted molar refractivity (Wildman–Crippen MR) is 113 cm³/mol. The summed E-state index contributed by atoms with van der Waals surface area (Å²) in [4.78, 5) is 40.2. The number of hydrogen-bond acceptors (Lipinski definition) is 3. The molecule has 0 radical (unpaired) electrons. The predicted octanol–water partition coefficient (Wildman–Crippen LogP) is 3.83. The topological polar surface area (TPSA) is 66.5 Å². The van der Waals surface area contributed by atoms with Crippen molar-refractivity contribution in [1.29, 1.82) is 0 Å². The van der Waals surface area contributed by atoms with E-state index in [9.17, 15) is 14.4 Å². The van der Waals surface area contributed by atoms with Crippen molar-refractivity contribution in [2.45, 2.75) is 52.1 Å². The number of fused-ring (bicyclic) bond motifs is 1. The molecule has 29 heavy (non-hydrogen) atoms. The molecule has 0 saturated heterocycles. The molecule has 0 spiro atoms. The second-order valence-corrected chi connectivity index (χ2v) is 8.11. The highest BCUT2D eigenvalue weighted by atomic mass is 16.2. The third kappa shape index (κ3) is 4.73. The molecule has 3 amide bonds. The van der Waals surface area contributed by atoms with Gasteiger partial charge in [-0.05, 0) is 43.4 Å². The van der Waals surface area contributed by atoms with Crippen LogP contribution < -0.4 is 5.32 Å². The molecule has 3 rings (SSSR count). The Hall–Kier alpha value is -2.95. The van der Waals surface area contributed by atoms with Gasteiger partial charge >= 0.3 is 0 Å². The molecule has 2 atom stereocenters. The highest BCUT2D eigenvalue weighted by molar-refractivity contribution is 6.22. The maximum atomic E-state index is 13.2. The van der Waals surface area contributed by atoms with Crippen molar-refractivity contribution in [2.24, 2.45) is 5.92 Å². The lowest BCUT2D eigenvalue weighted by atomic mass is 10.0. The zero-order chi connectivity index (χ0) is 21.0. The number of nitrogens with one attached hydrogen (secondary N) is 1. The minimum Gasteiger partial charge on any atom is -0.352 e. The summed E-state index contributed by atoms with van der Waals surface area (Å²) in [6, 6.07) is 15.3. The van der Waals surface area contributed by atoms with Crippen molar-refractivity contribution >= 4 is 17.7 Å². The van der Waals surface area contributed by atoms with Crippen LogP contribution in [0.5, 0.6) is 0 Å². The molecule has 1 heterocycles. The number of benzene rings is 2. The summed E-state index contributed by atoms with van der Waals surface area (Å²) >= 11 is 0. The van der Waals surface area contributed by atoms with E-state index < -0.39 is 17.9 Å². The van der Waals surface area contributed by atoms with Crippen LogP contribution in [-0.2, 0) is 11.2 Å². The molecule has 1 aliphatic rings. The molecule has 152 valence electrons. The van der Waals surface area contributed by atoms with Crippen LogP contribution in [0.4, 0.5) is 0 Å². The molecular weight excluding hydrogens is 364 g/mol. The molecule has 5 heteroatoms. The molecule has 1 N–H and O–H groups in total. The van der Waals surface area contributed by atoms with Crippen LogP contribution in [0.1, 0.15) is 59.9 Å². The summed E-state index contributed by atoms with van der Waals surface area (Å²) in [5, 5.41) is 3.02. The van der Waals surface area contributed by atoms with Crippen molar-refractivity contribution < 1.29 is 14.4 Å². The Bertz CT molecular complexity index is 857. The Morgan fingerprint density at radius 1 is 0.862 bits per heavy atom. The fourth-order valence-electron chi connectivity index (χ4n) is 3.62. The van der Waals surface area contributed by atoms with Gasteiger partial charge in [-0.25, -0.2) is 0 Å². The van der Waals surface area contributed by atoms with Gasteiger partial charge in [-0.15, -0.1) is 0 Å². The van der Waals surface area contributed by atoms with Crippen LogP contribution in [0.3, 0.4) is 0 Å². The molecule has 2 aromatic rings. The van der Waals surface area contributed by atoms with E-state index in [0.29, 0.717) is 17.0 Å². The van der Waals surface area contributed by atoms with Crippen LogP contribution in [0.2, 0.25) is 0 Å². The Morgan fingerprint density at radius 2 is 1.41 bits per heavy atom. The van der Waals surface area contributed by atoms with Gasteiger partial charge in [0.15, 0.2) is 0 Å². The van der Waals surface area contributed by atoms with Crippen LogP contribution >= 0.6 is 0 Å². The van der Waals surface area contributed by atoms with Gasteiger partial charge in [0, 0.05) is 12.5 Å². The van der Waals surface area contributed by atoms with Gasteiger partial charge in [-0.3, -0.25) is 19.3 Å². The number of hydrogen-bond donors (Lipinski definition) is 1. The molecule has 0 saturated carbocycles. The fourth-order valence-corrected chi connectivity index (χ4v) is 3.62. The van der Waals surface area contributed by atoms with Gasteiger partial charge in [-0.2, -0.15) is 0 Å². The van der Waals surface area contributed by atoms with Crippen molar-refractivity contribution in [3.8, 4) is 0 Å². The first-order valence-corrected chi connectivity index (χ1v) is 10.2. The van der Waals surface area contributed by atoms with E-state index in [1.165, 1.54) is 0 Å². The van der Waals surface area contributed by atoms with Crippen molar-refractivity contribution in [2.75, 3.05) is 0 Å². The Balaban J connectivity index is 1.85. The van der Waals surface area contributed by atoms with Gasteiger partial charge in [0.05, 0.1) is 11.1 Å². The summed E-state index contributed by atoms with van der Waals surface area (Å²) in [5.41, 5.74) is 1.62. The van der Waals surface area contributed by atoms with Crippen LogP contribution in [-0.4, -0.2) is 34.7 Å². The average Bonchev–Trinajstić information content (AvgIpc) is 2.96. The second kappa shape index (κ2) is 9.03. The number of nitrogens with zero attached hydrogens (tertiary/aromatic N) is 1. The molecule has 5 nitrogen and oxygen atoms in total. The van der Waals surface area contributed by atoms with Gasteiger partial charge < -0.3 is 5.32 Å². The SMILES string of the molecule is CC(C)CC[C@H](C)NC(=O)[C@H](Cc1ccccc1)N1C(=O)c2ccccc2C1=O. The molecule has 2 aromatic carbocycles. The standard InChI is InChI=1S/C24H28N2O3/c1-16(2)13-14-17(3)25-22(27)21(15-18-9-5-4-6-10-18)26-23(28)19-11-7-8-12-20(19)24(26)29/h4-12,16-17,21H,13-15H2,1-3H3,(H,25,27)/t17-,21-/m0/s1. The summed E-state index contributed by atoms with van der Waals surface area (Å²) in [6.07, 6.45) is 2.14.